The molecule has 6 atom stereocenters. The van der Waals surface area contributed by atoms with Gasteiger partial charge < -0.3 is 28.8 Å². The molecule has 1 aromatic rings. The van der Waals surface area contributed by atoms with E-state index in [-0.39, 0.29) is 6.61 Å². The van der Waals surface area contributed by atoms with Crippen molar-refractivity contribution in [2.75, 3.05) is 13.7 Å². The molecule has 1 aromatic carbocycles. The molecule has 0 aromatic heterocycles. The maximum Gasteiger partial charge on any atom is 0.344 e. The summed E-state index contributed by atoms with van der Waals surface area (Å²) in [7, 11) is 1.55. The Morgan fingerprint density at radius 3 is 2.73 bits per heavy atom. The predicted molar refractivity (Wildman–Crippen MR) is 92.3 cm³/mol. The summed E-state index contributed by atoms with van der Waals surface area (Å²) in [6, 6.07) is 7.23. The van der Waals surface area contributed by atoms with Gasteiger partial charge >= 0.3 is 5.97 Å². The molecule has 0 bridgehead atoms. The van der Waals surface area contributed by atoms with Crippen molar-refractivity contribution >= 4 is 21.9 Å². The number of hydrogen-bond donors (Lipinski definition) is 1. The van der Waals surface area contributed by atoms with Crippen LogP contribution >= 0.6 is 15.9 Å². The molecular weight excluding hydrogens is 408 g/mol. The second-order valence-corrected chi connectivity index (χ2v) is 8.07. The Balaban J connectivity index is 1.71. The Bertz CT molecular complexity index is 723. The van der Waals surface area contributed by atoms with E-state index in [2.05, 4.69) is 15.9 Å². The van der Waals surface area contributed by atoms with Crippen LogP contribution in [0.2, 0.25) is 0 Å². The molecule has 2 unspecified atom stereocenters. The molecule has 3 aliphatic heterocycles. The van der Waals surface area contributed by atoms with E-state index in [0.29, 0.717) is 5.56 Å². The Morgan fingerprint density at radius 2 is 2.04 bits per heavy atom. The van der Waals surface area contributed by atoms with E-state index in [4.69, 9.17) is 23.7 Å². The van der Waals surface area contributed by atoms with Gasteiger partial charge in [0.15, 0.2) is 11.9 Å². The highest BCUT2D eigenvalue weighted by Gasteiger charge is 2.77. The van der Waals surface area contributed by atoms with Crippen molar-refractivity contribution in [3.63, 3.8) is 0 Å². The third-order valence-electron chi connectivity index (χ3n) is 5.06. The fraction of sp³-hybridized carbons (Fsp3) is 0.611. The molecule has 8 heteroatoms. The molecule has 1 spiro atoms. The molecule has 3 fully saturated rings. The van der Waals surface area contributed by atoms with Crippen LogP contribution in [0, 0.1) is 0 Å². The maximum absolute atomic E-state index is 12.9. The summed E-state index contributed by atoms with van der Waals surface area (Å²) in [5.41, 5.74) is -0.796. The molecule has 0 amide bonds. The molecule has 1 N–H and O–H groups in total. The molecular formula is C18H21BrO7. The highest BCUT2D eigenvalue weighted by Crippen LogP contribution is 2.54. The van der Waals surface area contributed by atoms with Gasteiger partial charge in [-0.15, -0.1) is 0 Å². The van der Waals surface area contributed by atoms with Gasteiger partial charge in [-0.2, -0.15) is 0 Å². The average Bonchev–Trinajstić information content (AvgIpc) is 3.12. The number of esters is 1. The van der Waals surface area contributed by atoms with Gasteiger partial charge in [0.05, 0.1) is 6.61 Å². The van der Waals surface area contributed by atoms with Crippen LogP contribution in [0.1, 0.15) is 25.5 Å². The zero-order chi connectivity index (χ0) is 18.7. The molecule has 3 heterocycles. The minimum atomic E-state index is -1.40. The third kappa shape index (κ3) is 2.55. The van der Waals surface area contributed by atoms with Gasteiger partial charge in [0.2, 0.25) is 5.60 Å². The normalized spacial score (nSPS) is 38.7. The van der Waals surface area contributed by atoms with Gasteiger partial charge in [-0.05, 0) is 25.5 Å². The van der Waals surface area contributed by atoms with Crippen LogP contribution in [-0.2, 0) is 28.5 Å². The highest BCUT2D eigenvalue weighted by molar-refractivity contribution is 9.10. The SMILES string of the molecule is COC[C@@H]1O[C@@H]2C(C(O)c3ccccc3Br)OC(=O)[C@@]23OC(C)(C)O[C@@H]13. The number of aliphatic hydroxyl groups is 1. The van der Waals surface area contributed by atoms with Crippen LogP contribution < -0.4 is 0 Å². The van der Waals surface area contributed by atoms with E-state index < -0.39 is 47.9 Å². The van der Waals surface area contributed by atoms with Crippen LogP contribution in [0.4, 0.5) is 0 Å². The molecule has 4 rings (SSSR count). The Morgan fingerprint density at radius 1 is 1.31 bits per heavy atom. The first kappa shape index (κ1) is 18.3. The number of ether oxygens (including phenoxy) is 5. The van der Waals surface area contributed by atoms with Gasteiger partial charge in [-0.25, -0.2) is 4.79 Å². The highest BCUT2D eigenvalue weighted by atomic mass is 79.9. The first-order chi connectivity index (χ1) is 12.3. The largest absolute Gasteiger partial charge is 0.454 e. The number of cyclic esters (lactones) is 1. The summed E-state index contributed by atoms with van der Waals surface area (Å²) < 4.78 is 29.5. The fourth-order valence-electron chi connectivity index (χ4n) is 4.10. The van der Waals surface area contributed by atoms with E-state index in [1.54, 1.807) is 33.1 Å². The summed E-state index contributed by atoms with van der Waals surface area (Å²) in [5, 5.41) is 10.9. The number of aliphatic hydroxyl groups excluding tert-OH is 1. The van der Waals surface area contributed by atoms with E-state index in [1.807, 2.05) is 12.1 Å². The van der Waals surface area contributed by atoms with E-state index in [0.717, 1.165) is 4.47 Å². The average molecular weight is 429 g/mol. The van der Waals surface area contributed by atoms with E-state index >= 15 is 0 Å². The topological polar surface area (TPSA) is 83.5 Å². The third-order valence-corrected chi connectivity index (χ3v) is 5.78. The van der Waals surface area contributed by atoms with Crippen LogP contribution in [0.3, 0.4) is 0 Å². The van der Waals surface area contributed by atoms with Crippen molar-refractivity contribution in [2.24, 2.45) is 0 Å². The summed E-state index contributed by atoms with van der Waals surface area (Å²) in [4.78, 5) is 12.9. The smallest absolute Gasteiger partial charge is 0.344 e. The summed E-state index contributed by atoms with van der Waals surface area (Å²) in [6.07, 6.45) is -3.94. The number of halogens is 1. The number of carbonyl (C=O) groups excluding carboxylic acids is 1. The molecule has 0 saturated carbocycles. The van der Waals surface area contributed by atoms with Crippen molar-refractivity contribution in [1.82, 2.24) is 0 Å². The van der Waals surface area contributed by atoms with Gasteiger partial charge in [-0.1, -0.05) is 34.1 Å². The second-order valence-electron chi connectivity index (χ2n) is 7.22. The zero-order valence-electron chi connectivity index (χ0n) is 14.7. The van der Waals surface area contributed by atoms with E-state index in [9.17, 15) is 9.90 Å². The van der Waals surface area contributed by atoms with Crippen molar-refractivity contribution in [3.8, 4) is 0 Å². The second kappa shape index (κ2) is 6.25. The van der Waals surface area contributed by atoms with Crippen LogP contribution in [-0.4, -0.2) is 60.6 Å². The lowest BCUT2D eigenvalue weighted by atomic mass is 9.88. The first-order valence-corrected chi connectivity index (χ1v) is 9.25. The van der Waals surface area contributed by atoms with Crippen molar-refractivity contribution in [3.05, 3.63) is 34.3 Å². The lowest BCUT2D eigenvalue weighted by Crippen LogP contribution is -2.51. The van der Waals surface area contributed by atoms with E-state index in [1.165, 1.54) is 0 Å². The number of carbonyl (C=O) groups is 1. The molecule has 3 saturated heterocycles. The lowest BCUT2D eigenvalue weighted by molar-refractivity contribution is -0.206. The van der Waals surface area contributed by atoms with Crippen molar-refractivity contribution in [1.29, 1.82) is 0 Å². The number of hydrogen-bond acceptors (Lipinski definition) is 7. The minimum Gasteiger partial charge on any atom is -0.454 e. The lowest BCUT2D eigenvalue weighted by Gasteiger charge is -2.27. The monoisotopic (exact) mass is 428 g/mol. The quantitative estimate of drug-likeness (QED) is 0.730. The molecule has 3 aliphatic rings. The predicted octanol–water partition coefficient (Wildman–Crippen LogP) is 1.71. The zero-order valence-corrected chi connectivity index (χ0v) is 16.3. The van der Waals surface area contributed by atoms with Crippen LogP contribution in [0.5, 0.6) is 0 Å². The van der Waals surface area contributed by atoms with Crippen molar-refractivity contribution in [2.45, 2.75) is 55.8 Å². The van der Waals surface area contributed by atoms with Gasteiger partial charge in [0.1, 0.15) is 24.4 Å². The fourth-order valence-corrected chi connectivity index (χ4v) is 4.62. The summed E-state index contributed by atoms with van der Waals surface area (Å²) in [5.74, 6) is -1.54. The standard InChI is InChI=1S/C18H21BrO7/c1-17(2)25-14-11(8-22-3)23-15-13(24-16(21)18(14,15)26-17)12(20)9-6-4-5-7-10(9)19/h4-7,11-15,20H,8H2,1-3H3/t11-,12?,13?,14-,15+,18-/m0/s1. The summed E-state index contributed by atoms with van der Waals surface area (Å²) in [6.45, 7) is 3.73. The number of benzene rings is 1. The molecule has 0 aliphatic carbocycles. The molecule has 26 heavy (non-hydrogen) atoms. The minimum absolute atomic E-state index is 0.244. The molecule has 7 nitrogen and oxygen atoms in total. The van der Waals surface area contributed by atoms with Crippen molar-refractivity contribution < 1.29 is 33.6 Å². The number of rotatable bonds is 4. The first-order valence-electron chi connectivity index (χ1n) is 8.46. The van der Waals surface area contributed by atoms with Crippen LogP contribution in [0.25, 0.3) is 0 Å². The van der Waals surface area contributed by atoms with Crippen LogP contribution in [0.15, 0.2) is 28.7 Å². The summed E-state index contributed by atoms with van der Waals surface area (Å²) >= 11 is 3.42. The Kier molecular flexibility index (Phi) is 4.41. The Hall–Kier alpha value is -1.03. The Labute approximate surface area is 159 Å². The molecule has 0 radical (unpaired) electrons. The maximum atomic E-state index is 12.9. The van der Waals surface area contributed by atoms with Gasteiger partial charge in [0, 0.05) is 11.6 Å². The van der Waals surface area contributed by atoms with Gasteiger partial charge in [0.25, 0.3) is 0 Å². The number of methoxy groups -OCH3 is 1. The van der Waals surface area contributed by atoms with Gasteiger partial charge in [-0.3, -0.25) is 0 Å². The molecule has 142 valence electrons.